The van der Waals surface area contributed by atoms with Crippen molar-refractivity contribution in [2.45, 2.75) is 19.4 Å². The zero-order valence-electron chi connectivity index (χ0n) is 14.5. The molecule has 0 aliphatic carbocycles. The summed E-state index contributed by atoms with van der Waals surface area (Å²) in [6.45, 7) is 4.27. The Bertz CT molecular complexity index is 870. The van der Waals surface area contributed by atoms with Crippen molar-refractivity contribution in [3.05, 3.63) is 30.2 Å². The van der Waals surface area contributed by atoms with Gasteiger partial charge in [-0.15, -0.1) is 0 Å². The number of aromatic nitrogens is 4. The highest BCUT2D eigenvalue weighted by Crippen LogP contribution is 2.29. The molecular formula is C18H22N4O3. The minimum atomic E-state index is -0.0397. The molecule has 1 N–H and O–H groups in total. The van der Waals surface area contributed by atoms with Crippen LogP contribution in [0.5, 0.6) is 5.75 Å². The average Bonchev–Trinajstić information content (AvgIpc) is 3.16. The smallest absolute Gasteiger partial charge is 0.120 e. The SMILES string of the molecule is C[C@@H]1COCCOCCc2nc(cn2C)-c2n[nH]c3ccc(cc23)O1. The Balaban J connectivity index is 1.74. The van der Waals surface area contributed by atoms with Gasteiger partial charge < -0.3 is 18.8 Å². The van der Waals surface area contributed by atoms with Gasteiger partial charge in [0.1, 0.15) is 29.1 Å². The van der Waals surface area contributed by atoms with Crippen LogP contribution >= 0.6 is 0 Å². The fraction of sp³-hybridized carbons (Fsp3) is 0.444. The molecule has 7 nitrogen and oxygen atoms in total. The van der Waals surface area contributed by atoms with Gasteiger partial charge in [-0.1, -0.05) is 0 Å². The van der Waals surface area contributed by atoms with E-state index in [4.69, 9.17) is 19.2 Å². The van der Waals surface area contributed by atoms with Crippen molar-refractivity contribution in [2.75, 3.05) is 26.4 Å². The molecule has 1 aliphatic rings. The van der Waals surface area contributed by atoms with Gasteiger partial charge in [-0.2, -0.15) is 5.10 Å². The van der Waals surface area contributed by atoms with Crippen LogP contribution in [0.15, 0.2) is 24.4 Å². The van der Waals surface area contributed by atoms with Crippen molar-refractivity contribution < 1.29 is 14.2 Å². The zero-order chi connectivity index (χ0) is 17.2. The number of hydrogen-bond acceptors (Lipinski definition) is 5. The highest BCUT2D eigenvalue weighted by molar-refractivity contribution is 5.92. The Labute approximate surface area is 145 Å². The normalized spacial score (nSPS) is 19.2. The molecule has 4 rings (SSSR count). The number of fused-ring (bicyclic) bond motifs is 4. The molecule has 0 spiro atoms. The third-order valence-corrected chi connectivity index (χ3v) is 4.28. The Morgan fingerprint density at radius 1 is 1.20 bits per heavy atom. The molecular weight excluding hydrogens is 320 g/mol. The number of ether oxygens (including phenoxy) is 3. The molecule has 25 heavy (non-hydrogen) atoms. The lowest BCUT2D eigenvalue weighted by Gasteiger charge is -2.15. The van der Waals surface area contributed by atoms with E-state index in [2.05, 4.69) is 10.2 Å². The van der Waals surface area contributed by atoms with Gasteiger partial charge in [-0.05, 0) is 25.1 Å². The van der Waals surface area contributed by atoms with Crippen LogP contribution in [0.3, 0.4) is 0 Å². The van der Waals surface area contributed by atoms with Gasteiger partial charge in [0.15, 0.2) is 0 Å². The molecule has 0 saturated carbocycles. The van der Waals surface area contributed by atoms with E-state index < -0.39 is 0 Å². The first-order valence-corrected chi connectivity index (χ1v) is 8.53. The fourth-order valence-corrected chi connectivity index (χ4v) is 3.01. The molecule has 7 heteroatoms. The van der Waals surface area contributed by atoms with Crippen molar-refractivity contribution in [2.24, 2.45) is 7.05 Å². The van der Waals surface area contributed by atoms with E-state index in [-0.39, 0.29) is 6.10 Å². The molecule has 0 saturated heterocycles. The van der Waals surface area contributed by atoms with Crippen molar-refractivity contribution in [1.29, 1.82) is 0 Å². The summed E-state index contributed by atoms with van der Waals surface area (Å²) in [5.41, 5.74) is 2.64. The Hall–Kier alpha value is -2.38. The molecule has 2 aromatic heterocycles. The third-order valence-electron chi connectivity index (χ3n) is 4.28. The minimum Gasteiger partial charge on any atom is -0.488 e. The van der Waals surface area contributed by atoms with Crippen LogP contribution in [0, 0.1) is 0 Å². The number of benzene rings is 1. The van der Waals surface area contributed by atoms with Crippen LogP contribution < -0.4 is 4.74 Å². The van der Waals surface area contributed by atoms with E-state index in [1.165, 1.54) is 0 Å². The Kier molecular flexibility index (Phi) is 4.42. The predicted molar refractivity (Wildman–Crippen MR) is 93.7 cm³/mol. The van der Waals surface area contributed by atoms with Gasteiger partial charge in [0.05, 0.1) is 31.9 Å². The molecule has 132 valence electrons. The van der Waals surface area contributed by atoms with Gasteiger partial charge in [0.2, 0.25) is 0 Å². The first-order chi connectivity index (χ1) is 12.2. The second-order valence-corrected chi connectivity index (χ2v) is 6.30. The molecule has 1 aliphatic heterocycles. The van der Waals surface area contributed by atoms with Crippen molar-refractivity contribution in [3.8, 4) is 17.1 Å². The van der Waals surface area contributed by atoms with E-state index in [9.17, 15) is 0 Å². The largest absolute Gasteiger partial charge is 0.488 e. The zero-order valence-corrected chi connectivity index (χ0v) is 14.5. The molecule has 1 atom stereocenters. The summed E-state index contributed by atoms with van der Waals surface area (Å²) in [5.74, 6) is 1.77. The summed E-state index contributed by atoms with van der Waals surface area (Å²) in [6.07, 6.45) is 2.72. The van der Waals surface area contributed by atoms with Crippen LogP contribution in [0.1, 0.15) is 12.7 Å². The van der Waals surface area contributed by atoms with Gasteiger partial charge >= 0.3 is 0 Å². The first-order valence-electron chi connectivity index (χ1n) is 8.53. The maximum atomic E-state index is 5.97. The van der Waals surface area contributed by atoms with Gasteiger partial charge in [0.25, 0.3) is 0 Å². The van der Waals surface area contributed by atoms with Crippen LogP contribution in [-0.2, 0) is 22.9 Å². The van der Waals surface area contributed by atoms with Crippen molar-refractivity contribution >= 4 is 10.9 Å². The van der Waals surface area contributed by atoms with Crippen LogP contribution in [0.4, 0.5) is 0 Å². The lowest BCUT2D eigenvalue weighted by Crippen LogP contribution is -2.20. The number of aromatic amines is 1. The maximum Gasteiger partial charge on any atom is 0.120 e. The molecule has 1 aromatic carbocycles. The van der Waals surface area contributed by atoms with Gasteiger partial charge in [-0.3, -0.25) is 5.10 Å². The Morgan fingerprint density at radius 2 is 2.08 bits per heavy atom. The van der Waals surface area contributed by atoms with Crippen molar-refractivity contribution in [1.82, 2.24) is 19.7 Å². The standard InChI is InChI=1S/C18H22N4O3/c1-12-11-24-8-7-23-6-5-17-19-16(10-22(17)2)18-14-9-13(25-12)3-4-15(14)20-21-18/h3-4,9-10,12H,5-8,11H2,1-2H3,(H,20,21)/t12-/m1/s1. The fourth-order valence-electron chi connectivity index (χ4n) is 3.01. The van der Waals surface area contributed by atoms with E-state index in [0.29, 0.717) is 26.4 Å². The molecule has 0 unspecified atom stereocenters. The number of rotatable bonds is 0. The summed E-state index contributed by atoms with van der Waals surface area (Å²) in [5, 5.41) is 8.52. The number of nitrogens with one attached hydrogen (secondary N) is 1. The monoisotopic (exact) mass is 342 g/mol. The highest BCUT2D eigenvalue weighted by Gasteiger charge is 2.15. The number of hydrogen-bond donors (Lipinski definition) is 1. The van der Waals surface area contributed by atoms with E-state index in [1.54, 1.807) is 0 Å². The van der Waals surface area contributed by atoms with Crippen molar-refractivity contribution in [3.63, 3.8) is 0 Å². The molecule has 3 aromatic rings. The summed E-state index contributed by atoms with van der Waals surface area (Å²) in [7, 11) is 1.99. The minimum absolute atomic E-state index is 0.0397. The van der Waals surface area contributed by atoms with E-state index in [1.807, 2.05) is 42.9 Å². The molecule has 4 bridgehead atoms. The first kappa shape index (κ1) is 16.1. The summed E-state index contributed by atoms with van der Waals surface area (Å²) in [4.78, 5) is 4.73. The number of H-pyrrole nitrogens is 1. The lowest BCUT2D eigenvalue weighted by molar-refractivity contribution is 0.0168. The van der Waals surface area contributed by atoms with Gasteiger partial charge in [0, 0.05) is 25.1 Å². The summed E-state index contributed by atoms with van der Waals surface area (Å²) >= 11 is 0. The molecule has 0 radical (unpaired) electrons. The lowest BCUT2D eigenvalue weighted by atomic mass is 10.1. The predicted octanol–water partition coefficient (Wildman–Crippen LogP) is 2.32. The van der Waals surface area contributed by atoms with E-state index in [0.717, 1.165) is 40.3 Å². The maximum absolute atomic E-state index is 5.97. The van der Waals surface area contributed by atoms with Gasteiger partial charge in [-0.25, -0.2) is 4.98 Å². The number of imidazole rings is 1. The summed E-state index contributed by atoms with van der Waals surface area (Å²) < 4.78 is 19.3. The number of aryl methyl sites for hydroxylation is 1. The van der Waals surface area contributed by atoms with Crippen LogP contribution in [0.25, 0.3) is 22.3 Å². The van der Waals surface area contributed by atoms with Crippen LogP contribution in [-0.4, -0.2) is 52.3 Å². The second kappa shape index (κ2) is 6.85. The topological polar surface area (TPSA) is 74.2 Å². The van der Waals surface area contributed by atoms with E-state index >= 15 is 0 Å². The molecule has 3 heterocycles. The number of nitrogens with zero attached hydrogens (tertiary/aromatic N) is 3. The summed E-state index contributed by atoms with van der Waals surface area (Å²) in [6, 6.07) is 5.93. The second-order valence-electron chi connectivity index (χ2n) is 6.30. The Morgan fingerprint density at radius 3 is 3.00 bits per heavy atom. The quantitative estimate of drug-likeness (QED) is 0.679. The molecule has 0 amide bonds. The average molecular weight is 342 g/mol. The van der Waals surface area contributed by atoms with Crippen LogP contribution in [0.2, 0.25) is 0 Å². The molecule has 0 fully saturated rings. The highest BCUT2D eigenvalue weighted by atomic mass is 16.5. The third kappa shape index (κ3) is 3.38.